The average Bonchev–Trinajstić information content (AvgIpc) is 2.52. The lowest BCUT2D eigenvalue weighted by atomic mass is 9.74. The van der Waals surface area contributed by atoms with Gasteiger partial charge in [-0.15, -0.1) is 0 Å². The highest BCUT2D eigenvalue weighted by atomic mass is 32.2. The van der Waals surface area contributed by atoms with E-state index >= 15 is 0 Å². The molecule has 1 nitrogen and oxygen atoms in total. The number of rotatable bonds is 7. The molecule has 2 heteroatoms. The third-order valence-electron chi connectivity index (χ3n) is 5.54. The summed E-state index contributed by atoms with van der Waals surface area (Å²) in [5, 5.41) is 4.80. The first-order valence-corrected chi connectivity index (χ1v) is 10.2. The van der Waals surface area contributed by atoms with E-state index in [1.165, 1.54) is 70.0 Å². The topological polar surface area (TPSA) is 12.0 Å². The zero-order valence-corrected chi connectivity index (χ0v) is 14.5. The van der Waals surface area contributed by atoms with E-state index in [1.54, 1.807) is 0 Å². The zero-order chi connectivity index (χ0) is 14.2. The second kappa shape index (κ2) is 9.35. The van der Waals surface area contributed by atoms with Crippen molar-refractivity contribution in [3.63, 3.8) is 0 Å². The molecule has 0 saturated heterocycles. The van der Waals surface area contributed by atoms with Gasteiger partial charge in [0.25, 0.3) is 0 Å². The van der Waals surface area contributed by atoms with E-state index in [2.05, 4.69) is 30.9 Å². The van der Waals surface area contributed by atoms with Gasteiger partial charge in [-0.3, -0.25) is 0 Å². The first-order chi connectivity index (χ1) is 9.85. The SMILES string of the molecule is CCNC(CSC1CCCCC1)C1CCCCC1CC. The van der Waals surface area contributed by atoms with Crippen molar-refractivity contribution in [3.05, 3.63) is 0 Å². The molecule has 0 aliphatic heterocycles. The molecule has 3 unspecified atom stereocenters. The summed E-state index contributed by atoms with van der Waals surface area (Å²) >= 11 is 2.29. The molecule has 0 aromatic heterocycles. The van der Waals surface area contributed by atoms with Gasteiger partial charge in [0, 0.05) is 17.0 Å². The molecule has 2 fully saturated rings. The molecule has 0 heterocycles. The lowest BCUT2D eigenvalue weighted by Crippen LogP contribution is -2.43. The predicted molar refractivity (Wildman–Crippen MR) is 92.5 cm³/mol. The van der Waals surface area contributed by atoms with E-state index in [-0.39, 0.29) is 0 Å². The van der Waals surface area contributed by atoms with Crippen LogP contribution in [0.15, 0.2) is 0 Å². The first kappa shape index (κ1) is 16.7. The Morgan fingerprint density at radius 1 is 0.950 bits per heavy atom. The summed E-state index contributed by atoms with van der Waals surface area (Å²) in [5.41, 5.74) is 0. The van der Waals surface area contributed by atoms with Gasteiger partial charge in [-0.2, -0.15) is 11.8 Å². The van der Waals surface area contributed by atoms with Crippen molar-refractivity contribution >= 4 is 11.8 Å². The summed E-state index contributed by atoms with van der Waals surface area (Å²) in [6.45, 7) is 5.82. The Bertz CT molecular complexity index is 250. The Morgan fingerprint density at radius 3 is 2.35 bits per heavy atom. The van der Waals surface area contributed by atoms with Crippen LogP contribution in [0.5, 0.6) is 0 Å². The Balaban J connectivity index is 1.84. The number of thioether (sulfide) groups is 1. The first-order valence-electron chi connectivity index (χ1n) is 9.20. The molecular weight excluding hydrogens is 262 g/mol. The molecule has 1 N–H and O–H groups in total. The van der Waals surface area contributed by atoms with E-state index in [1.807, 2.05) is 0 Å². The van der Waals surface area contributed by atoms with E-state index in [4.69, 9.17) is 0 Å². The standard InChI is InChI=1S/C18H35NS/c1-3-15-10-8-9-13-17(15)18(19-4-2)14-20-16-11-6-5-7-12-16/h15-19H,3-14H2,1-2H3. The Kier molecular flexibility index (Phi) is 7.80. The molecule has 20 heavy (non-hydrogen) atoms. The molecule has 0 aromatic rings. The molecular formula is C18H35NS. The highest BCUT2D eigenvalue weighted by molar-refractivity contribution is 7.99. The molecule has 0 spiro atoms. The fourth-order valence-corrected chi connectivity index (χ4v) is 5.85. The van der Waals surface area contributed by atoms with Crippen LogP contribution >= 0.6 is 11.8 Å². The van der Waals surface area contributed by atoms with Gasteiger partial charge in [0.1, 0.15) is 0 Å². The van der Waals surface area contributed by atoms with Crippen LogP contribution in [-0.2, 0) is 0 Å². The number of hydrogen-bond donors (Lipinski definition) is 1. The van der Waals surface area contributed by atoms with Crippen molar-refractivity contribution < 1.29 is 0 Å². The molecule has 3 atom stereocenters. The lowest BCUT2D eigenvalue weighted by molar-refractivity contribution is 0.186. The molecule has 0 bridgehead atoms. The van der Waals surface area contributed by atoms with Gasteiger partial charge in [0.05, 0.1) is 0 Å². The lowest BCUT2D eigenvalue weighted by Gasteiger charge is -2.38. The molecule has 2 saturated carbocycles. The van der Waals surface area contributed by atoms with Crippen molar-refractivity contribution in [2.24, 2.45) is 11.8 Å². The summed E-state index contributed by atoms with van der Waals surface area (Å²) in [6.07, 6.45) is 14.7. The van der Waals surface area contributed by atoms with Gasteiger partial charge >= 0.3 is 0 Å². The summed E-state index contributed by atoms with van der Waals surface area (Å²) in [6, 6.07) is 0.775. The summed E-state index contributed by atoms with van der Waals surface area (Å²) in [4.78, 5) is 0. The van der Waals surface area contributed by atoms with Gasteiger partial charge < -0.3 is 5.32 Å². The Labute approximate surface area is 131 Å². The van der Waals surface area contributed by atoms with Crippen molar-refractivity contribution in [2.75, 3.05) is 12.3 Å². The van der Waals surface area contributed by atoms with E-state index < -0.39 is 0 Å². The molecule has 2 aliphatic rings. The smallest absolute Gasteiger partial charge is 0.0189 e. The maximum absolute atomic E-state index is 3.84. The van der Waals surface area contributed by atoms with Crippen molar-refractivity contribution in [1.82, 2.24) is 5.32 Å². The van der Waals surface area contributed by atoms with E-state index in [0.29, 0.717) is 0 Å². The van der Waals surface area contributed by atoms with Gasteiger partial charge in [-0.25, -0.2) is 0 Å². The molecule has 2 aliphatic carbocycles. The van der Waals surface area contributed by atoms with Crippen LogP contribution in [-0.4, -0.2) is 23.6 Å². The normalized spacial score (nSPS) is 30.3. The minimum absolute atomic E-state index is 0.775. The highest BCUT2D eigenvalue weighted by Crippen LogP contribution is 2.37. The monoisotopic (exact) mass is 297 g/mol. The number of nitrogens with one attached hydrogen (secondary N) is 1. The van der Waals surface area contributed by atoms with E-state index in [0.717, 1.165) is 29.7 Å². The van der Waals surface area contributed by atoms with Crippen molar-refractivity contribution in [3.8, 4) is 0 Å². The van der Waals surface area contributed by atoms with Crippen LogP contribution in [0.4, 0.5) is 0 Å². The van der Waals surface area contributed by atoms with Gasteiger partial charge in [0.2, 0.25) is 0 Å². The summed E-state index contributed by atoms with van der Waals surface area (Å²) < 4.78 is 0. The van der Waals surface area contributed by atoms with Crippen LogP contribution in [0.25, 0.3) is 0 Å². The van der Waals surface area contributed by atoms with Crippen LogP contribution in [0.1, 0.15) is 78.1 Å². The molecule has 2 rings (SSSR count). The zero-order valence-electron chi connectivity index (χ0n) is 13.7. The fraction of sp³-hybridized carbons (Fsp3) is 1.00. The summed E-state index contributed by atoms with van der Waals surface area (Å²) in [5.74, 6) is 3.30. The minimum Gasteiger partial charge on any atom is -0.313 e. The fourth-order valence-electron chi connectivity index (χ4n) is 4.34. The Hall–Kier alpha value is 0.310. The largest absolute Gasteiger partial charge is 0.313 e. The average molecular weight is 298 g/mol. The number of hydrogen-bond acceptors (Lipinski definition) is 2. The Morgan fingerprint density at radius 2 is 1.65 bits per heavy atom. The molecule has 0 aromatic carbocycles. The molecule has 118 valence electrons. The highest BCUT2D eigenvalue weighted by Gasteiger charge is 2.30. The quantitative estimate of drug-likeness (QED) is 0.689. The molecule has 0 amide bonds. The van der Waals surface area contributed by atoms with Gasteiger partial charge in [-0.05, 0) is 37.6 Å². The minimum atomic E-state index is 0.775. The third kappa shape index (κ3) is 4.94. The van der Waals surface area contributed by atoms with Crippen LogP contribution in [0, 0.1) is 11.8 Å². The van der Waals surface area contributed by atoms with Gasteiger partial charge in [0.15, 0.2) is 0 Å². The third-order valence-corrected chi connectivity index (χ3v) is 7.03. The van der Waals surface area contributed by atoms with Crippen LogP contribution in [0.3, 0.4) is 0 Å². The predicted octanol–water partition coefficient (Wildman–Crippen LogP) is 5.25. The molecule has 0 radical (unpaired) electrons. The van der Waals surface area contributed by atoms with E-state index in [9.17, 15) is 0 Å². The van der Waals surface area contributed by atoms with Crippen LogP contribution in [0.2, 0.25) is 0 Å². The maximum Gasteiger partial charge on any atom is 0.0189 e. The maximum atomic E-state index is 3.84. The van der Waals surface area contributed by atoms with Crippen LogP contribution < -0.4 is 5.32 Å². The second-order valence-corrected chi connectivity index (χ2v) is 8.21. The van der Waals surface area contributed by atoms with Gasteiger partial charge in [-0.1, -0.05) is 58.8 Å². The summed E-state index contributed by atoms with van der Waals surface area (Å²) in [7, 11) is 0. The van der Waals surface area contributed by atoms with Crippen molar-refractivity contribution in [1.29, 1.82) is 0 Å². The van der Waals surface area contributed by atoms with Crippen molar-refractivity contribution in [2.45, 2.75) is 89.3 Å². The second-order valence-electron chi connectivity index (χ2n) is 6.87.